The minimum Gasteiger partial charge on any atom is -0.443 e. The number of nitrogen functional groups attached to an aromatic ring is 1. The van der Waals surface area contributed by atoms with E-state index in [0.717, 1.165) is 15.6 Å². The molecular formula is C25H25Br2FN6O3. The Morgan fingerprint density at radius 2 is 1.89 bits per heavy atom. The Balaban J connectivity index is 1.70. The van der Waals surface area contributed by atoms with E-state index in [1.165, 1.54) is 4.90 Å². The van der Waals surface area contributed by atoms with E-state index in [2.05, 4.69) is 46.8 Å². The molecule has 0 unspecified atom stereocenters. The number of halogens is 3. The van der Waals surface area contributed by atoms with Crippen LogP contribution in [0.25, 0.3) is 11.2 Å². The van der Waals surface area contributed by atoms with Gasteiger partial charge in [0.2, 0.25) is 0 Å². The predicted octanol–water partition coefficient (Wildman–Crippen LogP) is 5.55. The minimum absolute atomic E-state index is 0.0449. The molecule has 2 aromatic carbocycles. The highest BCUT2D eigenvalue weighted by atomic mass is 79.9. The number of aliphatic hydroxyl groups is 1. The van der Waals surface area contributed by atoms with Gasteiger partial charge in [-0.15, -0.1) is 0 Å². The zero-order valence-electron chi connectivity index (χ0n) is 20.4. The summed E-state index contributed by atoms with van der Waals surface area (Å²) in [5, 5.41) is 9.60. The fourth-order valence-corrected chi connectivity index (χ4v) is 4.55. The summed E-state index contributed by atoms with van der Waals surface area (Å²) in [6.07, 6.45) is -1.46. The molecule has 4 rings (SSSR count). The Labute approximate surface area is 229 Å². The van der Waals surface area contributed by atoms with Crippen LogP contribution in [0.4, 0.5) is 20.7 Å². The number of carbonyl (C=O) groups is 1. The van der Waals surface area contributed by atoms with Crippen LogP contribution < -0.4 is 10.6 Å². The van der Waals surface area contributed by atoms with Crippen molar-refractivity contribution >= 4 is 60.6 Å². The number of ether oxygens (including phenoxy) is 1. The maximum absolute atomic E-state index is 13.9. The number of hydrogen-bond acceptors (Lipinski definition) is 7. The quantitative estimate of drug-likeness (QED) is 0.210. The van der Waals surface area contributed by atoms with Crippen molar-refractivity contribution in [2.24, 2.45) is 0 Å². The topological polar surface area (TPSA) is 119 Å². The number of aliphatic hydroxyl groups excluding tert-OH is 1. The normalized spacial score (nSPS) is 11.6. The predicted molar refractivity (Wildman–Crippen MR) is 145 cm³/mol. The average Bonchev–Trinajstić information content (AvgIpc) is 3.13. The van der Waals surface area contributed by atoms with Crippen molar-refractivity contribution in [3.8, 4) is 0 Å². The van der Waals surface area contributed by atoms with Crippen LogP contribution in [0.2, 0.25) is 0 Å². The first-order valence-electron chi connectivity index (χ1n) is 11.3. The molecule has 0 atom stereocenters. The van der Waals surface area contributed by atoms with Gasteiger partial charge in [-0.1, -0.05) is 40.2 Å². The molecule has 0 saturated carbocycles. The summed E-state index contributed by atoms with van der Waals surface area (Å²) in [7, 11) is 0. The number of benzene rings is 2. The first-order chi connectivity index (χ1) is 17.4. The zero-order chi connectivity index (χ0) is 26.9. The lowest BCUT2D eigenvalue weighted by Crippen LogP contribution is -2.36. The number of hydrogen-bond donors (Lipinski definition) is 2. The molecule has 0 bridgehead atoms. The third-order valence-corrected chi connectivity index (χ3v) is 6.72. The molecule has 2 aromatic heterocycles. The third kappa shape index (κ3) is 6.25. The van der Waals surface area contributed by atoms with Gasteiger partial charge >= 0.3 is 12.2 Å². The van der Waals surface area contributed by atoms with E-state index in [0.29, 0.717) is 28.0 Å². The van der Waals surface area contributed by atoms with Crippen LogP contribution in [-0.4, -0.2) is 36.3 Å². The lowest BCUT2D eigenvalue weighted by Gasteiger charge is -2.28. The van der Waals surface area contributed by atoms with Crippen molar-refractivity contribution in [1.29, 1.82) is 0 Å². The molecule has 0 aliphatic carbocycles. The van der Waals surface area contributed by atoms with Gasteiger partial charge in [0, 0.05) is 10.2 Å². The van der Waals surface area contributed by atoms with Gasteiger partial charge in [0.1, 0.15) is 5.60 Å². The molecular weight excluding hydrogens is 611 g/mol. The number of nitrogens with zero attached hydrogens (tertiary/aromatic N) is 5. The summed E-state index contributed by atoms with van der Waals surface area (Å²) in [4.78, 5) is 26.5. The van der Waals surface area contributed by atoms with Crippen LogP contribution in [0.15, 0.2) is 51.7 Å². The van der Waals surface area contributed by atoms with Gasteiger partial charge in [-0.05, 0) is 71.6 Å². The van der Waals surface area contributed by atoms with Crippen LogP contribution in [0.5, 0.6) is 0 Å². The van der Waals surface area contributed by atoms with Crippen LogP contribution >= 0.6 is 31.9 Å². The molecule has 0 fully saturated rings. The van der Waals surface area contributed by atoms with Gasteiger partial charge < -0.3 is 15.6 Å². The number of fused-ring (bicyclic) bond motifs is 1. The third-order valence-electron chi connectivity index (χ3n) is 5.35. The molecule has 0 saturated heterocycles. The Morgan fingerprint density at radius 3 is 2.59 bits per heavy atom. The zero-order valence-corrected chi connectivity index (χ0v) is 23.5. The van der Waals surface area contributed by atoms with Crippen molar-refractivity contribution in [2.75, 3.05) is 10.6 Å². The molecule has 9 nitrogen and oxygen atoms in total. The second kappa shape index (κ2) is 10.7. The van der Waals surface area contributed by atoms with Crippen LogP contribution in [0, 0.1) is 6.08 Å². The highest BCUT2D eigenvalue weighted by Gasteiger charge is 2.25. The molecule has 3 N–H and O–H groups in total. The number of aromatic nitrogens is 4. The van der Waals surface area contributed by atoms with Gasteiger partial charge in [-0.2, -0.15) is 14.4 Å². The second-order valence-electron chi connectivity index (χ2n) is 9.34. The number of nitrogens with two attached hydrogens (primary N) is 1. The van der Waals surface area contributed by atoms with Crippen molar-refractivity contribution < 1.29 is 19.0 Å². The van der Waals surface area contributed by atoms with E-state index in [-0.39, 0.29) is 24.6 Å². The minimum atomic E-state index is -0.937. The molecule has 0 spiro atoms. The molecule has 0 radical (unpaired) electrons. The lowest BCUT2D eigenvalue weighted by atomic mass is 10.1. The van der Waals surface area contributed by atoms with Crippen LogP contribution in [0.3, 0.4) is 0 Å². The Hall–Kier alpha value is -3.09. The van der Waals surface area contributed by atoms with Crippen molar-refractivity contribution in [1.82, 2.24) is 19.5 Å². The van der Waals surface area contributed by atoms with E-state index in [4.69, 9.17) is 10.5 Å². The lowest BCUT2D eigenvalue weighted by molar-refractivity contribution is 0.0577. The smallest absolute Gasteiger partial charge is 0.415 e. The summed E-state index contributed by atoms with van der Waals surface area (Å²) in [6.45, 7) is 5.74. The van der Waals surface area contributed by atoms with Crippen LogP contribution in [-0.2, 0) is 24.4 Å². The van der Waals surface area contributed by atoms with E-state index in [1.807, 2.05) is 18.2 Å². The number of imidazole rings is 1. The summed E-state index contributed by atoms with van der Waals surface area (Å²) in [5.74, 6) is -0.0449. The number of anilines is 2. The summed E-state index contributed by atoms with van der Waals surface area (Å²) < 4.78 is 22.4. The van der Waals surface area contributed by atoms with E-state index in [9.17, 15) is 14.3 Å². The maximum Gasteiger partial charge on any atom is 0.415 e. The average molecular weight is 636 g/mol. The van der Waals surface area contributed by atoms with Crippen molar-refractivity contribution in [3.05, 3.63) is 74.4 Å². The van der Waals surface area contributed by atoms with Gasteiger partial charge in [-0.3, -0.25) is 9.47 Å². The first-order valence-corrected chi connectivity index (χ1v) is 12.9. The fourth-order valence-electron chi connectivity index (χ4n) is 3.71. The Morgan fingerprint density at radius 1 is 1.14 bits per heavy atom. The SMILES string of the molecule is CC(C)(C)OC(=O)N(Cc1cc(Cn2c(Br)nc3c(N)nc(F)nc32)ccc1Br)c1cccc(CO)c1. The second-order valence-corrected chi connectivity index (χ2v) is 10.9. The fraction of sp³-hybridized carbons (Fsp3) is 0.280. The summed E-state index contributed by atoms with van der Waals surface area (Å²) in [5.41, 5.74) is 8.59. The number of rotatable bonds is 6. The largest absolute Gasteiger partial charge is 0.443 e. The standard InChI is InChI=1S/C25H25Br2FN6O3/c1-25(2,3)37-24(36)33(17-6-4-5-15(10-17)13-35)12-16-9-14(7-8-18(16)26)11-34-21-19(30-22(34)27)20(29)31-23(28)32-21/h4-10,35H,11-13H2,1-3H3,(H2,29,31,32). The molecule has 12 heteroatoms. The maximum atomic E-state index is 13.9. The van der Waals surface area contributed by atoms with Crippen molar-refractivity contribution in [3.63, 3.8) is 0 Å². The van der Waals surface area contributed by atoms with Gasteiger partial charge in [0.05, 0.1) is 19.7 Å². The van der Waals surface area contributed by atoms with Gasteiger partial charge in [-0.25, -0.2) is 9.78 Å². The Bertz CT molecular complexity index is 1470. The van der Waals surface area contributed by atoms with Gasteiger partial charge in [0.15, 0.2) is 21.7 Å². The molecule has 0 aliphatic heterocycles. The van der Waals surface area contributed by atoms with E-state index in [1.54, 1.807) is 49.6 Å². The molecule has 4 aromatic rings. The Kier molecular flexibility index (Phi) is 7.81. The summed E-state index contributed by atoms with van der Waals surface area (Å²) in [6, 6.07) is 12.8. The van der Waals surface area contributed by atoms with Crippen molar-refractivity contribution in [2.45, 2.75) is 46.1 Å². The number of amides is 1. The van der Waals surface area contributed by atoms with E-state index < -0.39 is 17.8 Å². The van der Waals surface area contributed by atoms with Gasteiger partial charge in [0.25, 0.3) is 0 Å². The highest BCUT2D eigenvalue weighted by Crippen LogP contribution is 2.28. The molecule has 37 heavy (non-hydrogen) atoms. The molecule has 1 amide bonds. The molecule has 0 aliphatic rings. The monoisotopic (exact) mass is 634 g/mol. The highest BCUT2D eigenvalue weighted by molar-refractivity contribution is 9.10. The van der Waals surface area contributed by atoms with Crippen LogP contribution in [0.1, 0.15) is 37.5 Å². The molecule has 194 valence electrons. The summed E-state index contributed by atoms with van der Waals surface area (Å²) >= 11 is 6.98. The number of carbonyl (C=O) groups excluding carboxylic acids is 1. The first kappa shape index (κ1) is 27.0. The molecule has 2 heterocycles. The van der Waals surface area contributed by atoms with E-state index >= 15 is 0 Å².